The lowest BCUT2D eigenvalue weighted by atomic mass is 9.55. The quantitative estimate of drug-likeness (QED) is 0.527. The van der Waals surface area contributed by atoms with E-state index in [4.69, 9.17) is 4.74 Å². The minimum absolute atomic E-state index is 0.0198. The Bertz CT molecular complexity index is 675. The number of allylic oxidation sites excluding steroid dienone is 1. The molecule has 4 heteroatoms. The Balaban J connectivity index is 1.41. The van der Waals surface area contributed by atoms with E-state index in [9.17, 15) is 9.90 Å². The van der Waals surface area contributed by atoms with Crippen molar-refractivity contribution in [2.24, 2.45) is 23.2 Å². The maximum Gasteiger partial charge on any atom is 0.315 e. The maximum atomic E-state index is 13.2. The second-order valence-electron chi connectivity index (χ2n) is 11.7. The van der Waals surface area contributed by atoms with Gasteiger partial charge in [0, 0.05) is 17.8 Å². The molecule has 2 N–H and O–H groups in total. The summed E-state index contributed by atoms with van der Waals surface area (Å²) < 4.78 is 6.00. The minimum Gasteiger partial charge on any atom is -0.461 e. The van der Waals surface area contributed by atoms with Crippen LogP contribution in [0.25, 0.3) is 0 Å². The molecule has 5 rings (SSSR count). The molecule has 31 heavy (non-hydrogen) atoms. The molecule has 0 aromatic rings. The number of carbonyl (C=O) groups excluding carboxylic acids is 1. The van der Waals surface area contributed by atoms with E-state index in [1.165, 1.54) is 69.8 Å². The first kappa shape index (κ1) is 21.9. The Morgan fingerprint density at radius 1 is 1.03 bits per heavy atom. The van der Waals surface area contributed by atoms with Gasteiger partial charge in [0.05, 0.1) is 24.7 Å². The summed E-state index contributed by atoms with van der Waals surface area (Å²) in [5.41, 5.74) is 1.15. The van der Waals surface area contributed by atoms with E-state index in [0.717, 1.165) is 25.8 Å². The molecule has 174 valence electrons. The van der Waals surface area contributed by atoms with E-state index < -0.39 is 6.10 Å². The van der Waals surface area contributed by atoms with Gasteiger partial charge >= 0.3 is 5.97 Å². The van der Waals surface area contributed by atoms with Crippen molar-refractivity contribution in [2.45, 2.75) is 122 Å². The molecule has 6 atom stereocenters. The van der Waals surface area contributed by atoms with E-state index in [2.05, 4.69) is 19.9 Å². The molecule has 0 unspecified atom stereocenters. The number of nitrogens with one attached hydrogen (secondary N) is 1. The van der Waals surface area contributed by atoms with Gasteiger partial charge in [-0.1, -0.05) is 38.3 Å². The van der Waals surface area contributed by atoms with Crippen LogP contribution in [0.15, 0.2) is 11.6 Å². The molecule has 4 nitrogen and oxygen atoms in total. The number of quaternary nitrogens is 1. The molecule has 1 saturated heterocycles. The average Bonchev–Trinajstić information content (AvgIpc) is 3.10. The van der Waals surface area contributed by atoms with Crippen molar-refractivity contribution < 1.29 is 19.5 Å². The number of hydrogen-bond acceptors (Lipinski definition) is 3. The smallest absolute Gasteiger partial charge is 0.315 e. The van der Waals surface area contributed by atoms with Crippen LogP contribution in [0.3, 0.4) is 0 Å². The third kappa shape index (κ3) is 3.80. The predicted molar refractivity (Wildman–Crippen MR) is 122 cm³/mol. The largest absolute Gasteiger partial charge is 0.461 e. The molecule has 5 aliphatic rings. The number of carbonyl (C=O) groups is 1. The van der Waals surface area contributed by atoms with Crippen molar-refractivity contribution in [3.05, 3.63) is 11.6 Å². The first-order valence-electron chi connectivity index (χ1n) is 13.4. The Labute approximate surface area is 188 Å². The Morgan fingerprint density at radius 3 is 2.26 bits per heavy atom. The van der Waals surface area contributed by atoms with Gasteiger partial charge in [0.25, 0.3) is 0 Å². The van der Waals surface area contributed by atoms with Crippen molar-refractivity contribution in [3.63, 3.8) is 0 Å². The molecular formula is C27H44NO3+. The van der Waals surface area contributed by atoms with Crippen LogP contribution in [-0.2, 0) is 9.53 Å². The zero-order valence-electron chi connectivity index (χ0n) is 19.8. The van der Waals surface area contributed by atoms with Crippen LogP contribution in [0.2, 0.25) is 0 Å². The van der Waals surface area contributed by atoms with Crippen LogP contribution >= 0.6 is 0 Å². The summed E-state index contributed by atoms with van der Waals surface area (Å²) in [5, 5.41) is 11.7. The SMILES string of the molecule is C[C@@H]1CCC=C2C[C@H]3OC(=O)[C@@H](C[NH+](C4CCCCC4)C4CCCCC4)[C@H]3[C@@H](O)[C@@]21C. The van der Waals surface area contributed by atoms with Gasteiger partial charge in [0.15, 0.2) is 0 Å². The first-order chi connectivity index (χ1) is 15.0. The summed E-state index contributed by atoms with van der Waals surface area (Å²) in [6, 6.07) is 1.40. The minimum atomic E-state index is -0.469. The van der Waals surface area contributed by atoms with Gasteiger partial charge in [-0.25, -0.2) is 0 Å². The maximum absolute atomic E-state index is 13.2. The highest BCUT2D eigenvalue weighted by atomic mass is 16.6. The predicted octanol–water partition coefficient (Wildman–Crippen LogP) is 3.82. The second kappa shape index (κ2) is 8.82. The van der Waals surface area contributed by atoms with Crippen molar-refractivity contribution in [1.82, 2.24) is 0 Å². The summed E-state index contributed by atoms with van der Waals surface area (Å²) in [5.74, 6) is 0.275. The second-order valence-corrected chi connectivity index (χ2v) is 11.7. The number of ether oxygens (including phenoxy) is 1. The van der Waals surface area contributed by atoms with Crippen LogP contribution in [0.5, 0.6) is 0 Å². The monoisotopic (exact) mass is 430 g/mol. The average molecular weight is 431 g/mol. The summed E-state index contributed by atoms with van der Waals surface area (Å²) >= 11 is 0. The topological polar surface area (TPSA) is 51.0 Å². The molecule has 0 bridgehead atoms. The number of esters is 1. The first-order valence-corrected chi connectivity index (χ1v) is 13.4. The van der Waals surface area contributed by atoms with Gasteiger partial charge in [-0.05, 0) is 70.1 Å². The molecule has 0 spiro atoms. The zero-order chi connectivity index (χ0) is 21.6. The van der Waals surface area contributed by atoms with Gasteiger partial charge in [-0.15, -0.1) is 0 Å². The molecule has 0 amide bonds. The number of aliphatic hydroxyl groups is 1. The lowest BCUT2D eigenvalue weighted by molar-refractivity contribution is -0.954. The molecule has 1 heterocycles. The van der Waals surface area contributed by atoms with Gasteiger partial charge in [0.1, 0.15) is 12.0 Å². The number of hydrogen-bond donors (Lipinski definition) is 2. The highest BCUT2D eigenvalue weighted by molar-refractivity contribution is 5.76. The van der Waals surface area contributed by atoms with Gasteiger partial charge in [-0.3, -0.25) is 4.79 Å². The fourth-order valence-electron chi connectivity index (χ4n) is 8.16. The molecule has 3 saturated carbocycles. The Kier molecular flexibility index (Phi) is 6.24. The normalized spacial score (nSPS) is 42.1. The summed E-state index contributed by atoms with van der Waals surface area (Å²) in [4.78, 5) is 14.9. The van der Waals surface area contributed by atoms with Crippen molar-refractivity contribution >= 4 is 5.97 Å². The van der Waals surface area contributed by atoms with Crippen molar-refractivity contribution in [1.29, 1.82) is 0 Å². The van der Waals surface area contributed by atoms with Gasteiger partial charge in [-0.2, -0.15) is 0 Å². The third-order valence-corrected chi connectivity index (χ3v) is 10.3. The van der Waals surface area contributed by atoms with Crippen molar-refractivity contribution in [2.75, 3.05) is 6.54 Å². The summed E-state index contributed by atoms with van der Waals surface area (Å²) in [7, 11) is 0. The molecule has 0 aromatic carbocycles. The zero-order valence-corrected chi connectivity index (χ0v) is 19.8. The third-order valence-electron chi connectivity index (χ3n) is 10.3. The van der Waals surface area contributed by atoms with Gasteiger partial charge in [0.2, 0.25) is 0 Å². The lowest BCUT2D eigenvalue weighted by Crippen LogP contribution is -3.20. The van der Waals surface area contributed by atoms with E-state index in [-0.39, 0.29) is 29.3 Å². The molecule has 0 radical (unpaired) electrons. The summed E-state index contributed by atoms with van der Waals surface area (Å²) in [6.07, 6.45) is 18.2. The van der Waals surface area contributed by atoms with Crippen LogP contribution in [0.4, 0.5) is 0 Å². The standard InChI is InChI=1S/C27H43NO3/c1-18-10-9-11-19-16-23-24(25(29)27(18,19)2)22(26(30)31-23)17-28(20-12-5-3-6-13-20)21-14-7-4-8-15-21/h11,18,20-25,29H,3-10,12-17H2,1-2H3/p+1/t18-,22+,23-,24-,25-,27-/m1/s1. The van der Waals surface area contributed by atoms with Crippen LogP contribution < -0.4 is 4.90 Å². The van der Waals surface area contributed by atoms with Crippen molar-refractivity contribution in [3.8, 4) is 0 Å². The van der Waals surface area contributed by atoms with E-state index in [0.29, 0.717) is 18.0 Å². The Hall–Kier alpha value is -0.870. The van der Waals surface area contributed by atoms with E-state index >= 15 is 0 Å². The molecule has 4 fully saturated rings. The van der Waals surface area contributed by atoms with Crippen LogP contribution in [0, 0.1) is 23.2 Å². The summed E-state index contributed by atoms with van der Waals surface area (Å²) in [6.45, 7) is 5.44. The highest BCUT2D eigenvalue weighted by Gasteiger charge is 2.60. The number of aliphatic hydroxyl groups excluding tert-OH is 1. The highest BCUT2D eigenvalue weighted by Crippen LogP contribution is 2.55. The van der Waals surface area contributed by atoms with E-state index in [1.54, 1.807) is 4.90 Å². The molecule has 4 aliphatic carbocycles. The van der Waals surface area contributed by atoms with E-state index in [1.807, 2.05) is 0 Å². The fraction of sp³-hybridized carbons (Fsp3) is 0.889. The number of fused-ring (bicyclic) bond motifs is 2. The fourth-order valence-corrected chi connectivity index (χ4v) is 8.16. The van der Waals surface area contributed by atoms with Crippen LogP contribution in [-0.4, -0.2) is 41.9 Å². The Morgan fingerprint density at radius 2 is 1.65 bits per heavy atom. The lowest BCUT2D eigenvalue weighted by Gasteiger charge is -2.52. The molecular weight excluding hydrogens is 386 g/mol. The number of rotatable bonds is 4. The van der Waals surface area contributed by atoms with Crippen LogP contribution in [0.1, 0.15) is 97.3 Å². The van der Waals surface area contributed by atoms with Gasteiger partial charge < -0.3 is 14.7 Å². The molecule has 0 aromatic heterocycles. The molecule has 1 aliphatic heterocycles.